The van der Waals surface area contributed by atoms with Crippen LogP contribution in [0.2, 0.25) is 0 Å². The highest BCUT2D eigenvalue weighted by Crippen LogP contribution is 2.53. The van der Waals surface area contributed by atoms with E-state index in [0.717, 1.165) is 0 Å². The van der Waals surface area contributed by atoms with Gasteiger partial charge >= 0.3 is 0 Å². The zero-order chi connectivity index (χ0) is 40.8. The fourth-order valence-electron chi connectivity index (χ4n) is 9.47. The van der Waals surface area contributed by atoms with Crippen molar-refractivity contribution in [3.05, 3.63) is 187 Å². The van der Waals surface area contributed by atoms with Crippen LogP contribution in [0, 0.1) is 0 Å². The summed E-state index contributed by atoms with van der Waals surface area (Å²) in [6.45, 7) is 19.4. The number of benzene rings is 7. The van der Waals surface area contributed by atoms with E-state index in [4.69, 9.17) is 0 Å². The monoisotopic (exact) mass is 793 g/mol. The minimum absolute atomic E-state index is 0.0529. The third-order valence-electron chi connectivity index (χ3n) is 13.0. The van der Waals surface area contributed by atoms with Crippen LogP contribution in [0.25, 0.3) is 0 Å². The van der Waals surface area contributed by atoms with Crippen LogP contribution in [0.4, 0.5) is 11.4 Å². The van der Waals surface area contributed by atoms with Gasteiger partial charge in [0.2, 0.25) is 6.71 Å². The fraction of sp³-hybridized carbons (Fsp3) is 0.222. The number of nitrogens with zero attached hydrogens (tertiary/aromatic N) is 1. The highest BCUT2D eigenvalue weighted by molar-refractivity contribution is 7.95. The number of rotatable bonds is 10. The second-order valence-corrected chi connectivity index (χ2v) is 24.5. The van der Waals surface area contributed by atoms with E-state index < -0.39 is 14.5 Å². The summed E-state index contributed by atoms with van der Waals surface area (Å²) < 4.78 is 0. The number of hydrogen-bond acceptors (Lipinski definition) is 1. The van der Waals surface area contributed by atoms with Gasteiger partial charge in [-0.1, -0.05) is 132 Å². The SMILES string of the molecule is CC(C)c1cc(C(C)C)c(B2c3cc([P+](C)(c4ccccc4)c4ccccc4)ccc3N(C)c3ccc([P+](C)(c4ccccc4)c4ccccc4)cc32)c(C(C)C)c1. The summed E-state index contributed by atoms with van der Waals surface area (Å²) >= 11 is 0. The van der Waals surface area contributed by atoms with Crippen LogP contribution in [0.1, 0.15) is 76.0 Å². The summed E-state index contributed by atoms with van der Waals surface area (Å²) in [5.41, 5.74) is 11.3. The van der Waals surface area contributed by atoms with E-state index >= 15 is 0 Å². The van der Waals surface area contributed by atoms with Crippen molar-refractivity contribution < 1.29 is 0 Å². The minimum atomic E-state index is -2.01. The van der Waals surface area contributed by atoms with E-state index in [9.17, 15) is 0 Å². The van der Waals surface area contributed by atoms with Crippen molar-refractivity contribution in [2.45, 2.75) is 59.3 Å². The van der Waals surface area contributed by atoms with Crippen molar-refractivity contribution in [1.29, 1.82) is 0 Å². The molecule has 0 radical (unpaired) electrons. The standard InChI is InChI=1S/C54H58BNP2/c1-38(2)41-34-48(39(3)4)54(49(35-41)40(5)6)55-50-36-46(57(8,42-22-14-10-15-23-42)43-24-16-11-17-25-43)30-32-52(50)56(7)53-33-31-47(37-51(53)55)58(9,44-26-18-12-19-27-44)45-28-20-13-21-29-45/h10-40H,1-9H3/q+2. The van der Waals surface area contributed by atoms with Gasteiger partial charge < -0.3 is 4.90 Å². The molecule has 0 unspecified atom stereocenters. The number of fused-ring (bicyclic) bond motifs is 2. The van der Waals surface area contributed by atoms with E-state index in [2.05, 4.69) is 237 Å². The maximum Gasteiger partial charge on any atom is 0.247 e. The molecule has 0 saturated heterocycles. The van der Waals surface area contributed by atoms with Crippen molar-refractivity contribution in [3.8, 4) is 0 Å². The highest BCUT2D eigenvalue weighted by Gasteiger charge is 2.46. The molecule has 7 aromatic carbocycles. The topological polar surface area (TPSA) is 3.24 Å². The normalized spacial score (nSPS) is 13.0. The number of anilines is 2. The molecule has 4 heteroatoms. The summed E-state index contributed by atoms with van der Waals surface area (Å²) in [6, 6.07) is 65.2. The third-order valence-corrected chi connectivity index (χ3v) is 20.9. The van der Waals surface area contributed by atoms with Crippen LogP contribution < -0.4 is 53.1 Å². The van der Waals surface area contributed by atoms with Crippen LogP contribution in [0.3, 0.4) is 0 Å². The predicted molar refractivity (Wildman–Crippen MR) is 264 cm³/mol. The van der Waals surface area contributed by atoms with Gasteiger partial charge in [-0.05, 0) is 130 Å². The molecule has 0 amide bonds. The maximum absolute atomic E-state index is 2.63. The molecule has 0 spiro atoms. The predicted octanol–water partition coefficient (Wildman–Crippen LogP) is 9.50. The quantitative estimate of drug-likeness (QED) is 0.0986. The zero-order valence-electron chi connectivity index (χ0n) is 35.8. The van der Waals surface area contributed by atoms with Crippen molar-refractivity contribution in [1.82, 2.24) is 0 Å². The van der Waals surface area contributed by atoms with Gasteiger partial charge in [0.15, 0.2) is 0 Å². The lowest BCUT2D eigenvalue weighted by Crippen LogP contribution is -2.60. The molecule has 8 rings (SSSR count). The first-order valence-corrected chi connectivity index (χ1v) is 25.6. The summed E-state index contributed by atoms with van der Waals surface area (Å²) in [4.78, 5) is 2.48. The van der Waals surface area contributed by atoms with E-state index in [1.54, 1.807) is 0 Å². The highest BCUT2D eigenvalue weighted by atomic mass is 31.2. The summed E-state index contributed by atoms with van der Waals surface area (Å²) in [5.74, 6) is 1.17. The Hall–Kier alpha value is -4.74. The van der Waals surface area contributed by atoms with Gasteiger partial charge in [0, 0.05) is 18.4 Å². The summed E-state index contributed by atoms with van der Waals surface area (Å²) in [6.07, 6.45) is 0. The van der Waals surface area contributed by atoms with Gasteiger partial charge in [-0.3, -0.25) is 0 Å². The Kier molecular flexibility index (Phi) is 11.1. The molecule has 1 aliphatic heterocycles. The van der Waals surface area contributed by atoms with Crippen LogP contribution >= 0.6 is 14.5 Å². The Labute approximate surface area is 350 Å². The summed E-state index contributed by atoms with van der Waals surface area (Å²) in [5, 5.41) is 8.46. The van der Waals surface area contributed by atoms with E-state index in [0.29, 0.717) is 17.8 Å². The van der Waals surface area contributed by atoms with Crippen molar-refractivity contribution in [2.75, 3.05) is 25.3 Å². The third kappa shape index (κ3) is 6.87. The van der Waals surface area contributed by atoms with Gasteiger partial charge in [-0.15, -0.1) is 0 Å². The molecule has 1 heterocycles. The molecule has 1 nitrogen and oxygen atoms in total. The second kappa shape index (κ2) is 16.1. The van der Waals surface area contributed by atoms with Gasteiger partial charge in [-0.2, -0.15) is 0 Å². The minimum Gasteiger partial charge on any atom is -0.345 e. The Balaban J connectivity index is 1.47. The molecule has 0 saturated carbocycles. The van der Waals surface area contributed by atoms with Crippen molar-refractivity contribution in [2.24, 2.45) is 0 Å². The van der Waals surface area contributed by atoms with Crippen LogP contribution in [0.5, 0.6) is 0 Å². The Morgan fingerprint density at radius 2 is 0.724 bits per heavy atom. The molecule has 1 aliphatic rings. The largest absolute Gasteiger partial charge is 0.345 e. The first-order chi connectivity index (χ1) is 27.9. The molecular weight excluding hydrogens is 735 g/mol. The molecule has 0 fully saturated rings. The van der Waals surface area contributed by atoms with Crippen LogP contribution in [-0.4, -0.2) is 27.1 Å². The van der Waals surface area contributed by atoms with E-state index in [1.807, 2.05) is 0 Å². The molecule has 0 N–H and O–H groups in total. The molecule has 0 aromatic heterocycles. The molecule has 7 aromatic rings. The lowest BCUT2D eigenvalue weighted by Gasteiger charge is -2.38. The second-order valence-electron chi connectivity index (χ2n) is 17.4. The zero-order valence-corrected chi connectivity index (χ0v) is 37.6. The first-order valence-electron chi connectivity index (χ1n) is 21.1. The molecule has 0 atom stereocenters. The Morgan fingerprint density at radius 3 is 1.02 bits per heavy atom. The molecule has 290 valence electrons. The molecular formula is C54H58BNP2+2. The average Bonchev–Trinajstić information content (AvgIpc) is 3.26. The van der Waals surface area contributed by atoms with Gasteiger partial charge in [0.05, 0.1) is 13.3 Å². The van der Waals surface area contributed by atoms with Crippen LogP contribution in [0.15, 0.2) is 170 Å². The van der Waals surface area contributed by atoms with Gasteiger partial charge in [0.25, 0.3) is 0 Å². The fourth-order valence-corrected chi connectivity index (χ4v) is 15.9. The number of hydrogen-bond donors (Lipinski definition) is 0. The molecule has 58 heavy (non-hydrogen) atoms. The molecule has 0 aliphatic carbocycles. The molecule has 0 bridgehead atoms. The lowest BCUT2D eigenvalue weighted by molar-refractivity contribution is 0.812. The average molecular weight is 794 g/mol. The maximum atomic E-state index is 2.63. The lowest BCUT2D eigenvalue weighted by atomic mass is 9.33. The van der Waals surface area contributed by atoms with Gasteiger partial charge in [-0.25, -0.2) is 0 Å². The van der Waals surface area contributed by atoms with E-state index in [1.165, 1.54) is 76.3 Å². The van der Waals surface area contributed by atoms with E-state index in [-0.39, 0.29) is 6.71 Å². The summed E-state index contributed by atoms with van der Waals surface area (Å²) in [7, 11) is -1.73. The van der Waals surface area contributed by atoms with Gasteiger partial charge in [0.1, 0.15) is 46.4 Å². The van der Waals surface area contributed by atoms with Crippen LogP contribution in [-0.2, 0) is 0 Å². The first kappa shape index (κ1) is 40.1. The van der Waals surface area contributed by atoms with Crippen molar-refractivity contribution in [3.63, 3.8) is 0 Å². The Morgan fingerprint density at radius 1 is 0.397 bits per heavy atom. The van der Waals surface area contributed by atoms with Crippen molar-refractivity contribution >= 4 is 80.8 Å². The Bertz CT molecular complexity index is 2280. The smallest absolute Gasteiger partial charge is 0.247 e.